The van der Waals surface area contributed by atoms with Crippen LogP contribution < -0.4 is 10.1 Å². The zero-order valence-corrected chi connectivity index (χ0v) is 14.0. The SMILES string of the molecule is CC[C@H](Oc1ccc2c(c1)CCCC2)C(=O)NC(C)(CO)CO. The Bertz CT molecular complexity index is 540. The summed E-state index contributed by atoms with van der Waals surface area (Å²) in [6.45, 7) is 2.81. The first-order valence-corrected chi connectivity index (χ1v) is 8.33. The van der Waals surface area contributed by atoms with Crippen LogP contribution in [0.3, 0.4) is 0 Å². The molecule has 0 radical (unpaired) electrons. The highest BCUT2D eigenvalue weighted by Crippen LogP contribution is 2.26. The minimum Gasteiger partial charge on any atom is -0.481 e. The Morgan fingerprint density at radius 2 is 1.91 bits per heavy atom. The second-order valence-corrected chi connectivity index (χ2v) is 6.52. The molecule has 1 aliphatic carbocycles. The van der Waals surface area contributed by atoms with Gasteiger partial charge < -0.3 is 20.3 Å². The number of hydrogen-bond acceptors (Lipinski definition) is 4. The van der Waals surface area contributed by atoms with Crippen molar-refractivity contribution in [3.8, 4) is 5.75 Å². The Hall–Kier alpha value is -1.59. The van der Waals surface area contributed by atoms with Gasteiger partial charge in [0.2, 0.25) is 0 Å². The van der Waals surface area contributed by atoms with Crippen LogP contribution in [0.1, 0.15) is 44.2 Å². The van der Waals surface area contributed by atoms with E-state index >= 15 is 0 Å². The third-order valence-electron chi connectivity index (χ3n) is 4.38. The fraction of sp³-hybridized carbons (Fsp3) is 0.611. The molecule has 1 aliphatic rings. The molecule has 128 valence electrons. The Balaban J connectivity index is 2.05. The van der Waals surface area contributed by atoms with E-state index in [0.29, 0.717) is 12.2 Å². The second kappa shape index (κ2) is 7.79. The zero-order chi connectivity index (χ0) is 16.9. The first kappa shape index (κ1) is 17.8. The molecule has 0 aromatic heterocycles. The third-order valence-corrected chi connectivity index (χ3v) is 4.38. The van der Waals surface area contributed by atoms with Crippen LogP contribution >= 0.6 is 0 Å². The van der Waals surface area contributed by atoms with Gasteiger partial charge in [0.15, 0.2) is 6.10 Å². The van der Waals surface area contributed by atoms with Gasteiger partial charge in [-0.1, -0.05) is 13.0 Å². The van der Waals surface area contributed by atoms with Gasteiger partial charge in [-0.15, -0.1) is 0 Å². The molecule has 2 rings (SSSR count). The average molecular weight is 321 g/mol. The molecule has 0 aliphatic heterocycles. The molecule has 5 heteroatoms. The van der Waals surface area contributed by atoms with Crippen LogP contribution in [0, 0.1) is 0 Å². The number of aryl methyl sites for hydroxylation is 2. The van der Waals surface area contributed by atoms with Crippen molar-refractivity contribution < 1.29 is 19.7 Å². The van der Waals surface area contributed by atoms with E-state index in [1.807, 2.05) is 19.1 Å². The normalized spacial score (nSPS) is 15.7. The number of carbonyl (C=O) groups is 1. The van der Waals surface area contributed by atoms with E-state index in [0.717, 1.165) is 12.8 Å². The van der Waals surface area contributed by atoms with Crippen molar-refractivity contribution in [2.75, 3.05) is 13.2 Å². The van der Waals surface area contributed by atoms with Crippen molar-refractivity contribution in [3.63, 3.8) is 0 Å². The summed E-state index contributed by atoms with van der Waals surface area (Å²) in [5.41, 5.74) is 1.64. The van der Waals surface area contributed by atoms with Crippen LogP contribution in [0.2, 0.25) is 0 Å². The highest BCUT2D eigenvalue weighted by Gasteiger charge is 2.29. The van der Waals surface area contributed by atoms with Crippen molar-refractivity contribution in [1.29, 1.82) is 0 Å². The van der Waals surface area contributed by atoms with Crippen LogP contribution in [0.25, 0.3) is 0 Å². The van der Waals surface area contributed by atoms with Gasteiger partial charge in [0, 0.05) is 0 Å². The van der Waals surface area contributed by atoms with E-state index in [2.05, 4.69) is 11.4 Å². The van der Waals surface area contributed by atoms with Crippen LogP contribution in [-0.2, 0) is 17.6 Å². The summed E-state index contributed by atoms with van der Waals surface area (Å²) < 4.78 is 5.85. The van der Waals surface area contributed by atoms with Crippen molar-refractivity contribution in [2.24, 2.45) is 0 Å². The molecular weight excluding hydrogens is 294 g/mol. The van der Waals surface area contributed by atoms with Crippen LogP contribution in [0.4, 0.5) is 0 Å². The molecular formula is C18H27NO4. The van der Waals surface area contributed by atoms with Gasteiger partial charge >= 0.3 is 0 Å². The fourth-order valence-corrected chi connectivity index (χ4v) is 2.78. The lowest BCUT2D eigenvalue weighted by Gasteiger charge is -2.29. The van der Waals surface area contributed by atoms with Gasteiger partial charge in [-0.25, -0.2) is 0 Å². The third kappa shape index (κ3) is 4.45. The minimum atomic E-state index is -1.04. The van der Waals surface area contributed by atoms with Crippen LogP contribution in [0.15, 0.2) is 18.2 Å². The molecule has 1 atom stereocenters. The lowest BCUT2D eigenvalue weighted by molar-refractivity contribution is -0.131. The molecule has 1 amide bonds. The monoisotopic (exact) mass is 321 g/mol. The predicted octanol–water partition coefficient (Wildman–Crippen LogP) is 1.58. The molecule has 23 heavy (non-hydrogen) atoms. The molecule has 1 aromatic carbocycles. The van der Waals surface area contributed by atoms with Crippen molar-refractivity contribution in [2.45, 2.75) is 57.6 Å². The summed E-state index contributed by atoms with van der Waals surface area (Å²) in [4.78, 5) is 12.3. The van der Waals surface area contributed by atoms with Gasteiger partial charge in [0.05, 0.1) is 18.8 Å². The van der Waals surface area contributed by atoms with E-state index in [4.69, 9.17) is 4.74 Å². The van der Waals surface area contributed by atoms with Gasteiger partial charge in [0.25, 0.3) is 5.91 Å². The topological polar surface area (TPSA) is 78.8 Å². The molecule has 0 spiro atoms. The number of fused-ring (bicyclic) bond motifs is 1. The Morgan fingerprint density at radius 3 is 2.52 bits per heavy atom. The van der Waals surface area contributed by atoms with E-state index in [1.54, 1.807) is 6.92 Å². The second-order valence-electron chi connectivity index (χ2n) is 6.52. The fourth-order valence-electron chi connectivity index (χ4n) is 2.78. The van der Waals surface area contributed by atoms with E-state index in [-0.39, 0.29) is 19.1 Å². The number of aliphatic hydroxyl groups excluding tert-OH is 2. The molecule has 0 bridgehead atoms. The number of aliphatic hydroxyl groups is 2. The molecule has 0 fully saturated rings. The Morgan fingerprint density at radius 1 is 1.26 bits per heavy atom. The first-order chi connectivity index (χ1) is 11.0. The van der Waals surface area contributed by atoms with E-state index in [1.165, 1.54) is 24.0 Å². The molecule has 0 heterocycles. The van der Waals surface area contributed by atoms with E-state index in [9.17, 15) is 15.0 Å². The standard InChI is InChI=1S/C18H27NO4/c1-3-16(17(22)19-18(2,11-20)12-21)23-15-9-8-13-6-4-5-7-14(13)10-15/h8-10,16,20-21H,3-7,11-12H2,1-2H3,(H,19,22)/t16-/m0/s1. The molecule has 0 saturated carbocycles. The van der Waals surface area contributed by atoms with Crippen molar-refractivity contribution in [3.05, 3.63) is 29.3 Å². The zero-order valence-electron chi connectivity index (χ0n) is 14.0. The summed E-state index contributed by atoms with van der Waals surface area (Å²) in [5.74, 6) is 0.373. The van der Waals surface area contributed by atoms with Gasteiger partial charge in [-0.2, -0.15) is 0 Å². The molecule has 5 nitrogen and oxygen atoms in total. The van der Waals surface area contributed by atoms with Gasteiger partial charge in [-0.3, -0.25) is 4.79 Å². The number of amides is 1. The highest BCUT2D eigenvalue weighted by atomic mass is 16.5. The lowest BCUT2D eigenvalue weighted by Crippen LogP contribution is -2.55. The predicted molar refractivity (Wildman–Crippen MR) is 88.5 cm³/mol. The smallest absolute Gasteiger partial charge is 0.261 e. The summed E-state index contributed by atoms with van der Waals surface area (Å²) in [6.07, 6.45) is 4.46. The summed E-state index contributed by atoms with van der Waals surface area (Å²) >= 11 is 0. The summed E-state index contributed by atoms with van der Waals surface area (Å²) in [6, 6.07) is 6.03. The number of hydrogen-bond donors (Lipinski definition) is 3. The molecule has 0 saturated heterocycles. The summed E-state index contributed by atoms with van der Waals surface area (Å²) in [5, 5.41) is 21.3. The Kier molecular flexibility index (Phi) is 6.02. The van der Waals surface area contributed by atoms with E-state index < -0.39 is 11.6 Å². The largest absolute Gasteiger partial charge is 0.481 e. The average Bonchev–Trinajstić information content (AvgIpc) is 2.59. The number of ether oxygens (including phenoxy) is 1. The highest BCUT2D eigenvalue weighted by molar-refractivity contribution is 5.81. The number of benzene rings is 1. The molecule has 3 N–H and O–H groups in total. The maximum atomic E-state index is 12.3. The van der Waals surface area contributed by atoms with Crippen LogP contribution in [-0.4, -0.2) is 41.0 Å². The van der Waals surface area contributed by atoms with Gasteiger partial charge in [-0.05, 0) is 62.3 Å². The maximum Gasteiger partial charge on any atom is 0.261 e. The summed E-state index contributed by atoms with van der Waals surface area (Å²) in [7, 11) is 0. The van der Waals surface area contributed by atoms with Crippen molar-refractivity contribution in [1.82, 2.24) is 5.32 Å². The number of carbonyl (C=O) groups excluding carboxylic acids is 1. The minimum absolute atomic E-state index is 0.323. The number of nitrogens with one attached hydrogen (secondary N) is 1. The lowest BCUT2D eigenvalue weighted by atomic mass is 9.92. The van der Waals surface area contributed by atoms with Crippen LogP contribution in [0.5, 0.6) is 5.75 Å². The van der Waals surface area contributed by atoms with Gasteiger partial charge in [0.1, 0.15) is 5.75 Å². The quantitative estimate of drug-likeness (QED) is 0.712. The maximum absolute atomic E-state index is 12.3. The Labute approximate surface area is 137 Å². The van der Waals surface area contributed by atoms with Crippen molar-refractivity contribution >= 4 is 5.91 Å². The molecule has 0 unspecified atom stereocenters. The first-order valence-electron chi connectivity index (χ1n) is 8.33. The molecule has 1 aromatic rings. The number of rotatable bonds is 7.